The van der Waals surface area contributed by atoms with E-state index in [0.29, 0.717) is 5.56 Å². The highest BCUT2D eigenvalue weighted by Gasteiger charge is 2.15. The molecule has 2 aromatic rings. The Labute approximate surface area is 118 Å². The minimum atomic E-state index is 0.0445. The fourth-order valence-electron chi connectivity index (χ4n) is 2.70. The van der Waals surface area contributed by atoms with Gasteiger partial charge in [-0.05, 0) is 36.0 Å². The summed E-state index contributed by atoms with van der Waals surface area (Å²) < 4.78 is 0. The first-order valence-electron chi connectivity index (χ1n) is 6.83. The molecule has 1 saturated heterocycles. The topological polar surface area (TPSA) is 43.8 Å². The summed E-state index contributed by atoms with van der Waals surface area (Å²) in [4.78, 5) is 15.8. The third-order valence-corrected chi connectivity index (χ3v) is 4.01. The molecule has 0 unspecified atom stereocenters. The van der Waals surface area contributed by atoms with Crippen LogP contribution in [0.1, 0.15) is 10.4 Å². The van der Waals surface area contributed by atoms with Gasteiger partial charge >= 0.3 is 0 Å². The van der Waals surface area contributed by atoms with Gasteiger partial charge in [-0.3, -0.25) is 4.79 Å². The van der Waals surface area contributed by atoms with Crippen LogP contribution in [-0.2, 0) is 0 Å². The highest BCUT2D eigenvalue weighted by molar-refractivity contribution is 6.02. The van der Waals surface area contributed by atoms with Crippen LogP contribution in [0.25, 0.3) is 10.8 Å². The Hall–Kier alpha value is -2.07. The number of piperazine rings is 1. The van der Waals surface area contributed by atoms with Gasteiger partial charge in [0.05, 0.1) is 5.56 Å². The highest BCUT2D eigenvalue weighted by Crippen LogP contribution is 2.29. The Balaban J connectivity index is 2.03. The Morgan fingerprint density at radius 3 is 2.50 bits per heavy atom. The molecule has 1 N–H and O–H groups in total. The van der Waals surface area contributed by atoms with Crippen molar-refractivity contribution in [2.75, 3.05) is 38.1 Å². The van der Waals surface area contributed by atoms with Gasteiger partial charge in [0.15, 0.2) is 6.29 Å². The summed E-state index contributed by atoms with van der Waals surface area (Å²) in [6.07, 6.45) is 0.728. The summed E-state index contributed by atoms with van der Waals surface area (Å²) in [7, 11) is 2.13. The van der Waals surface area contributed by atoms with Gasteiger partial charge in [0.25, 0.3) is 0 Å². The van der Waals surface area contributed by atoms with Crippen molar-refractivity contribution < 1.29 is 9.90 Å². The number of phenols is 1. The molecule has 0 atom stereocenters. The fourth-order valence-corrected chi connectivity index (χ4v) is 2.70. The van der Waals surface area contributed by atoms with E-state index in [9.17, 15) is 9.90 Å². The monoisotopic (exact) mass is 270 g/mol. The van der Waals surface area contributed by atoms with Crippen molar-refractivity contribution in [3.63, 3.8) is 0 Å². The quantitative estimate of drug-likeness (QED) is 0.849. The number of nitrogens with zero attached hydrogens (tertiary/aromatic N) is 2. The summed E-state index contributed by atoms with van der Waals surface area (Å²) in [5.41, 5.74) is 1.48. The zero-order valence-corrected chi connectivity index (χ0v) is 11.5. The maximum absolute atomic E-state index is 11.2. The number of likely N-dealkylation sites (N-methyl/N-ethyl adjacent to an activating group) is 1. The molecule has 1 aliphatic heterocycles. The predicted molar refractivity (Wildman–Crippen MR) is 80.7 cm³/mol. The third-order valence-electron chi connectivity index (χ3n) is 4.01. The van der Waals surface area contributed by atoms with Crippen LogP contribution >= 0.6 is 0 Å². The first-order chi connectivity index (χ1) is 9.69. The molecule has 1 heterocycles. The maximum atomic E-state index is 11.2. The van der Waals surface area contributed by atoms with E-state index in [0.717, 1.165) is 48.9 Å². The Kier molecular flexibility index (Phi) is 3.32. The molecular weight excluding hydrogens is 252 g/mol. The molecular formula is C16H18N2O2. The van der Waals surface area contributed by atoms with Crippen LogP contribution in [0.5, 0.6) is 5.75 Å². The molecule has 1 fully saturated rings. The van der Waals surface area contributed by atoms with Crippen molar-refractivity contribution in [2.24, 2.45) is 0 Å². The van der Waals surface area contributed by atoms with Crippen LogP contribution in [0.15, 0.2) is 30.3 Å². The molecule has 4 nitrogen and oxygen atoms in total. The van der Waals surface area contributed by atoms with E-state index in [4.69, 9.17) is 0 Å². The number of benzene rings is 2. The normalized spacial score (nSPS) is 16.6. The van der Waals surface area contributed by atoms with Crippen LogP contribution in [-0.4, -0.2) is 49.5 Å². The van der Waals surface area contributed by atoms with E-state index in [2.05, 4.69) is 22.9 Å². The predicted octanol–water partition coefficient (Wildman–Crippen LogP) is 2.11. The van der Waals surface area contributed by atoms with Gasteiger partial charge in [0.2, 0.25) is 0 Å². The summed E-state index contributed by atoms with van der Waals surface area (Å²) in [6, 6.07) is 9.51. The van der Waals surface area contributed by atoms with E-state index < -0.39 is 0 Å². The molecule has 0 amide bonds. The lowest BCUT2D eigenvalue weighted by Crippen LogP contribution is -2.44. The Morgan fingerprint density at radius 1 is 1.10 bits per heavy atom. The lowest BCUT2D eigenvalue weighted by Gasteiger charge is -2.34. The fraction of sp³-hybridized carbons (Fsp3) is 0.312. The van der Waals surface area contributed by atoms with Gasteiger partial charge in [-0.2, -0.15) is 0 Å². The van der Waals surface area contributed by atoms with Gasteiger partial charge in [-0.1, -0.05) is 12.1 Å². The van der Waals surface area contributed by atoms with Crippen LogP contribution in [0, 0.1) is 0 Å². The van der Waals surface area contributed by atoms with Crippen LogP contribution in [0.4, 0.5) is 5.69 Å². The van der Waals surface area contributed by atoms with Crippen molar-refractivity contribution in [1.82, 2.24) is 4.90 Å². The number of rotatable bonds is 2. The van der Waals surface area contributed by atoms with Crippen LogP contribution in [0.2, 0.25) is 0 Å². The number of aromatic hydroxyl groups is 1. The molecule has 2 aromatic carbocycles. The van der Waals surface area contributed by atoms with E-state index in [1.807, 2.05) is 18.2 Å². The van der Waals surface area contributed by atoms with Crippen molar-refractivity contribution in [2.45, 2.75) is 0 Å². The molecule has 0 aliphatic carbocycles. The zero-order valence-electron chi connectivity index (χ0n) is 11.5. The standard InChI is InChI=1S/C16H18N2O2/c1-17-6-8-18(9-7-17)13-4-2-12-3-5-16(20)15(11-19)14(12)10-13/h2-5,10-11,20H,6-9H2,1H3. The third kappa shape index (κ3) is 2.23. The Morgan fingerprint density at radius 2 is 1.80 bits per heavy atom. The van der Waals surface area contributed by atoms with E-state index in [1.165, 1.54) is 0 Å². The van der Waals surface area contributed by atoms with Crippen molar-refractivity contribution in [3.8, 4) is 5.75 Å². The average Bonchev–Trinajstić information content (AvgIpc) is 2.47. The maximum Gasteiger partial charge on any atom is 0.154 e. The molecule has 3 rings (SSSR count). The molecule has 1 aliphatic rings. The molecule has 0 aromatic heterocycles. The highest BCUT2D eigenvalue weighted by atomic mass is 16.3. The minimum absolute atomic E-state index is 0.0445. The zero-order chi connectivity index (χ0) is 14.1. The summed E-state index contributed by atoms with van der Waals surface area (Å²) in [6.45, 7) is 4.05. The van der Waals surface area contributed by atoms with Crippen molar-refractivity contribution >= 4 is 22.7 Å². The lowest BCUT2D eigenvalue weighted by molar-refractivity contribution is 0.112. The Bertz CT molecular complexity index is 646. The molecule has 0 spiro atoms. The number of phenolic OH excluding ortho intramolecular Hbond substituents is 1. The number of carbonyl (C=O) groups excluding carboxylic acids is 1. The number of aldehydes is 1. The summed E-state index contributed by atoms with van der Waals surface area (Å²) >= 11 is 0. The van der Waals surface area contributed by atoms with Crippen LogP contribution < -0.4 is 4.90 Å². The van der Waals surface area contributed by atoms with Gasteiger partial charge in [-0.25, -0.2) is 0 Å². The number of hydrogen-bond donors (Lipinski definition) is 1. The van der Waals surface area contributed by atoms with Gasteiger partial charge in [0.1, 0.15) is 5.75 Å². The number of hydrogen-bond acceptors (Lipinski definition) is 4. The van der Waals surface area contributed by atoms with Gasteiger partial charge < -0.3 is 14.9 Å². The van der Waals surface area contributed by atoms with E-state index in [-0.39, 0.29) is 5.75 Å². The first kappa shape index (κ1) is 12.9. The van der Waals surface area contributed by atoms with Crippen molar-refractivity contribution in [3.05, 3.63) is 35.9 Å². The SMILES string of the molecule is CN1CCN(c2ccc3ccc(O)c(C=O)c3c2)CC1. The van der Waals surface area contributed by atoms with Gasteiger partial charge in [-0.15, -0.1) is 0 Å². The number of carbonyl (C=O) groups is 1. The molecule has 0 bridgehead atoms. The lowest BCUT2D eigenvalue weighted by atomic mass is 10.0. The average molecular weight is 270 g/mol. The van der Waals surface area contributed by atoms with E-state index >= 15 is 0 Å². The molecule has 0 radical (unpaired) electrons. The first-order valence-corrected chi connectivity index (χ1v) is 6.83. The summed E-state index contributed by atoms with van der Waals surface area (Å²) in [5.74, 6) is 0.0445. The second-order valence-corrected chi connectivity index (χ2v) is 5.31. The largest absolute Gasteiger partial charge is 0.507 e. The van der Waals surface area contributed by atoms with E-state index in [1.54, 1.807) is 6.07 Å². The van der Waals surface area contributed by atoms with Crippen LogP contribution in [0.3, 0.4) is 0 Å². The second-order valence-electron chi connectivity index (χ2n) is 5.31. The number of fused-ring (bicyclic) bond motifs is 1. The minimum Gasteiger partial charge on any atom is -0.507 e. The summed E-state index contributed by atoms with van der Waals surface area (Å²) in [5, 5.41) is 11.6. The number of anilines is 1. The second kappa shape index (κ2) is 5.13. The molecule has 104 valence electrons. The molecule has 20 heavy (non-hydrogen) atoms. The van der Waals surface area contributed by atoms with Crippen molar-refractivity contribution in [1.29, 1.82) is 0 Å². The molecule has 4 heteroatoms. The molecule has 0 saturated carbocycles. The smallest absolute Gasteiger partial charge is 0.154 e. The van der Waals surface area contributed by atoms with Gasteiger partial charge in [0, 0.05) is 31.9 Å².